The van der Waals surface area contributed by atoms with Crippen LogP contribution in [0, 0.1) is 16.0 Å². The number of methoxy groups -OCH3 is 1. The van der Waals surface area contributed by atoms with Crippen LogP contribution in [-0.2, 0) is 11.3 Å². The van der Waals surface area contributed by atoms with Gasteiger partial charge < -0.3 is 19.3 Å². The molecule has 1 atom stereocenters. The lowest BCUT2D eigenvalue weighted by Crippen LogP contribution is -2.41. The van der Waals surface area contributed by atoms with Gasteiger partial charge in [-0.05, 0) is 49.4 Å². The van der Waals surface area contributed by atoms with Gasteiger partial charge in [-0.1, -0.05) is 12.1 Å². The van der Waals surface area contributed by atoms with E-state index < -0.39 is 4.92 Å². The fourth-order valence-corrected chi connectivity index (χ4v) is 4.21. The van der Waals surface area contributed by atoms with E-state index in [1.54, 1.807) is 13.2 Å². The van der Waals surface area contributed by atoms with Crippen molar-refractivity contribution >= 4 is 17.3 Å². The molecular weight excluding hydrogens is 410 g/mol. The number of hydrogen-bond donors (Lipinski definition) is 0. The van der Waals surface area contributed by atoms with Crippen LogP contribution < -0.4 is 9.64 Å². The van der Waals surface area contributed by atoms with Gasteiger partial charge in [-0.2, -0.15) is 0 Å². The quantitative estimate of drug-likeness (QED) is 0.458. The van der Waals surface area contributed by atoms with Crippen LogP contribution in [-0.4, -0.2) is 55.2 Å². The van der Waals surface area contributed by atoms with E-state index in [-0.39, 0.29) is 17.6 Å². The third kappa shape index (κ3) is 4.85. The number of benzene rings is 2. The zero-order valence-corrected chi connectivity index (χ0v) is 18.5. The maximum Gasteiger partial charge on any atom is 0.270 e. The number of amides is 1. The molecule has 2 fully saturated rings. The summed E-state index contributed by atoms with van der Waals surface area (Å²) in [5.74, 6) is 1.04. The third-order valence-electron chi connectivity index (χ3n) is 6.34. The summed E-state index contributed by atoms with van der Waals surface area (Å²) in [5.41, 5.74) is 2.02. The number of rotatable bonds is 8. The minimum Gasteiger partial charge on any atom is -0.497 e. The summed E-state index contributed by atoms with van der Waals surface area (Å²) in [6, 6.07) is 12.3. The van der Waals surface area contributed by atoms with Crippen LogP contribution in [0.4, 0.5) is 11.4 Å². The van der Waals surface area contributed by atoms with Crippen LogP contribution in [0.15, 0.2) is 42.5 Å². The second kappa shape index (κ2) is 9.56. The fraction of sp³-hybridized carbons (Fsp3) is 0.458. The highest BCUT2D eigenvalue weighted by molar-refractivity contribution is 6.00. The molecule has 8 nitrogen and oxygen atoms in total. The van der Waals surface area contributed by atoms with Crippen molar-refractivity contribution in [2.24, 2.45) is 5.92 Å². The first-order valence-corrected chi connectivity index (χ1v) is 11.0. The first-order chi connectivity index (χ1) is 15.5. The molecule has 1 saturated heterocycles. The van der Waals surface area contributed by atoms with Crippen molar-refractivity contribution in [1.82, 2.24) is 4.90 Å². The van der Waals surface area contributed by atoms with Crippen LogP contribution in [0.25, 0.3) is 0 Å². The maximum atomic E-state index is 13.9. The van der Waals surface area contributed by atoms with Crippen LogP contribution >= 0.6 is 0 Å². The zero-order chi connectivity index (χ0) is 22.7. The lowest BCUT2D eigenvalue weighted by atomic mass is 10.0. The fourth-order valence-electron chi connectivity index (χ4n) is 4.21. The number of ether oxygens (including phenoxy) is 2. The van der Waals surface area contributed by atoms with Crippen molar-refractivity contribution in [2.75, 3.05) is 38.3 Å². The predicted molar refractivity (Wildman–Crippen MR) is 121 cm³/mol. The molecule has 1 unspecified atom stereocenters. The highest BCUT2D eigenvalue weighted by Gasteiger charge is 2.36. The van der Waals surface area contributed by atoms with Crippen LogP contribution in [0.2, 0.25) is 0 Å². The number of nitrogens with zero attached hydrogens (tertiary/aromatic N) is 3. The Morgan fingerprint density at radius 2 is 1.91 bits per heavy atom. The van der Waals surface area contributed by atoms with Gasteiger partial charge in [0.2, 0.25) is 0 Å². The summed E-state index contributed by atoms with van der Waals surface area (Å²) < 4.78 is 10.7. The molecule has 0 spiro atoms. The Morgan fingerprint density at radius 3 is 2.50 bits per heavy atom. The second-order valence-electron chi connectivity index (χ2n) is 8.42. The standard InChI is InChI=1S/C24H29N3O5/c1-17(19-5-6-19)26(16-18-3-8-21(31-2)9-4-18)24(28)22-15-20(27(29)30)7-10-23(22)25-11-13-32-14-12-25/h3-4,7-10,15,17,19H,5-6,11-14,16H2,1-2H3. The summed E-state index contributed by atoms with van der Waals surface area (Å²) in [7, 11) is 1.62. The van der Waals surface area contributed by atoms with Crippen molar-refractivity contribution in [3.05, 3.63) is 63.7 Å². The Balaban J connectivity index is 1.69. The number of carbonyl (C=O) groups is 1. The highest BCUT2D eigenvalue weighted by atomic mass is 16.6. The summed E-state index contributed by atoms with van der Waals surface area (Å²) in [6.07, 6.45) is 2.19. The van der Waals surface area contributed by atoms with Gasteiger partial charge in [0.05, 0.1) is 36.5 Å². The Bertz CT molecular complexity index is 968. The zero-order valence-electron chi connectivity index (χ0n) is 18.5. The number of morpholine rings is 1. The summed E-state index contributed by atoms with van der Waals surface area (Å²) in [4.78, 5) is 28.9. The molecule has 1 heterocycles. The number of carbonyl (C=O) groups excluding carboxylic acids is 1. The Kier molecular flexibility index (Phi) is 6.60. The molecule has 0 radical (unpaired) electrons. The number of anilines is 1. The molecule has 32 heavy (non-hydrogen) atoms. The molecule has 1 aliphatic carbocycles. The number of non-ortho nitro benzene ring substituents is 1. The highest BCUT2D eigenvalue weighted by Crippen LogP contribution is 2.37. The number of nitro groups is 1. The minimum absolute atomic E-state index is 0.0430. The number of hydrogen-bond acceptors (Lipinski definition) is 6. The smallest absolute Gasteiger partial charge is 0.270 e. The van der Waals surface area contributed by atoms with Gasteiger partial charge in [0.15, 0.2) is 0 Å². The van der Waals surface area contributed by atoms with Crippen molar-refractivity contribution in [2.45, 2.75) is 32.4 Å². The van der Waals surface area contributed by atoms with E-state index in [0.29, 0.717) is 44.3 Å². The van der Waals surface area contributed by atoms with Crippen molar-refractivity contribution in [3.8, 4) is 5.75 Å². The van der Waals surface area contributed by atoms with E-state index >= 15 is 0 Å². The topological polar surface area (TPSA) is 85.1 Å². The molecule has 2 aromatic rings. The van der Waals surface area contributed by atoms with Gasteiger partial charge in [-0.25, -0.2) is 0 Å². The van der Waals surface area contributed by atoms with E-state index in [0.717, 1.165) is 29.8 Å². The predicted octanol–water partition coefficient (Wildman–Crippen LogP) is 3.88. The summed E-state index contributed by atoms with van der Waals surface area (Å²) in [6.45, 7) is 4.94. The van der Waals surface area contributed by atoms with Crippen molar-refractivity contribution < 1.29 is 19.2 Å². The maximum absolute atomic E-state index is 13.9. The molecule has 2 aromatic carbocycles. The SMILES string of the molecule is COc1ccc(CN(C(=O)c2cc([N+](=O)[O-])ccc2N2CCOCC2)C(C)C2CC2)cc1. The van der Waals surface area contributed by atoms with Gasteiger partial charge in [0, 0.05) is 37.8 Å². The van der Waals surface area contributed by atoms with E-state index in [2.05, 4.69) is 11.8 Å². The lowest BCUT2D eigenvalue weighted by Gasteiger charge is -2.33. The molecule has 2 aliphatic rings. The molecule has 1 amide bonds. The van der Waals surface area contributed by atoms with E-state index in [1.807, 2.05) is 29.2 Å². The van der Waals surface area contributed by atoms with E-state index in [9.17, 15) is 14.9 Å². The molecule has 0 N–H and O–H groups in total. The average Bonchev–Trinajstić information content (AvgIpc) is 3.68. The van der Waals surface area contributed by atoms with Crippen molar-refractivity contribution in [3.63, 3.8) is 0 Å². The second-order valence-corrected chi connectivity index (χ2v) is 8.42. The Hall–Kier alpha value is -3.13. The Labute approximate surface area is 187 Å². The molecule has 1 saturated carbocycles. The average molecular weight is 440 g/mol. The van der Waals surface area contributed by atoms with Gasteiger partial charge in [0.1, 0.15) is 5.75 Å². The Morgan fingerprint density at radius 1 is 1.22 bits per heavy atom. The van der Waals surface area contributed by atoms with Crippen molar-refractivity contribution in [1.29, 1.82) is 0 Å². The largest absolute Gasteiger partial charge is 0.497 e. The summed E-state index contributed by atoms with van der Waals surface area (Å²) >= 11 is 0. The minimum atomic E-state index is -0.446. The number of nitro benzene ring substituents is 1. The molecule has 0 bridgehead atoms. The van der Waals surface area contributed by atoms with Crippen LogP contribution in [0.5, 0.6) is 5.75 Å². The van der Waals surface area contributed by atoms with Gasteiger partial charge in [-0.15, -0.1) is 0 Å². The van der Waals surface area contributed by atoms with Crippen LogP contribution in [0.1, 0.15) is 35.7 Å². The molecule has 1 aliphatic heterocycles. The lowest BCUT2D eigenvalue weighted by molar-refractivity contribution is -0.384. The van der Waals surface area contributed by atoms with Gasteiger partial charge in [-0.3, -0.25) is 14.9 Å². The summed E-state index contributed by atoms with van der Waals surface area (Å²) in [5, 5.41) is 11.5. The van der Waals surface area contributed by atoms with E-state index in [4.69, 9.17) is 9.47 Å². The molecular formula is C24H29N3O5. The molecule has 170 valence electrons. The molecule has 8 heteroatoms. The first kappa shape index (κ1) is 22.1. The third-order valence-corrected chi connectivity index (χ3v) is 6.34. The first-order valence-electron chi connectivity index (χ1n) is 11.0. The van der Waals surface area contributed by atoms with Gasteiger partial charge in [0.25, 0.3) is 11.6 Å². The van der Waals surface area contributed by atoms with Gasteiger partial charge >= 0.3 is 0 Å². The molecule has 0 aromatic heterocycles. The van der Waals surface area contributed by atoms with E-state index in [1.165, 1.54) is 12.1 Å². The normalized spacial score (nSPS) is 17.0. The van der Waals surface area contributed by atoms with Crippen LogP contribution in [0.3, 0.4) is 0 Å². The monoisotopic (exact) mass is 439 g/mol. The molecule has 4 rings (SSSR count).